The van der Waals surface area contributed by atoms with Gasteiger partial charge in [-0.3, -0.25) is 0 Å². The van der Waals surface area contributed by atoms with Gasteiger partial charge in [-0.15, -0.1) is 0 Å². The van der Waals surface area contributed by atoms with E-state index in [1.165, 1.54) is 0 Å². The molecular formula is C14H19BrN2O3. The van der Waals surface area contributed by atoms with Gasteiger partial charge in [-0.05, 0) is 31.0 Å². The van der Waals surface area contributed by atoms with Crippen molar-refractivity contribution < 1.29 is 14.3 Å². The van der Waals surface area contributed by atoms with Crippen molar-refractivity contribution >= 4 is 33.6 Å². The molecule has 0 saturated heterocycles. The van der Waals surface area contributed by atoms with Crippen LogP contribution >= 0.6 is 15.9 Å². The first-order valence-electron chi connectivity index (χ1n) is 6.43. The summed E-state index contributed by atoms with van der Waals surface area (Å²) in [6, 6.07) is 6.11. The smallest absolute Gasteiger partial charge is 0.328 e. The van der Waals surface area contributed by atoms with Crippen LogP contribution in [0.15, 0.2) is 28.7 Å². The number of hydrogen-bond donors (Lipinski definition) is 2. The van der Waals surface area contributed by atoms with Crippen molar-refractivity contribution in [1.82, 2.24) is 5.32 Å². The molecule has 0 radical (unpaired) electrons. The average Bonchev–Trinajstić information content (AvgIpc) is 2.35. The molecule has 0 aliphatic rings. The van der Waals surface area contributed by atoms with E-state index in [9.17, 15) is 9.59 Å². The first kappa shape index (κ1) is 16.5. The van der Waals surface area contributed by atoms with Gasteiger partial charge in [-0.2, -0.15) is 0 Å². The number of halogens is 1. The Hall–Kier alpha value is -1.56. The number of amides is 2. The molecule has 0 heterocycles. The third-order valence-electron chi connectivity index (χ3n) is 2.58. The molecular weight excluding hydrogens is 324 g/mol. The predicted octanol–water partition coefficient (Wildman–Crippen LogP) is 3.16. The quantitative estimate of drug-likeness (QED) is 0.807. The molecule has 0 spiro atoms. The minimum atomic E-state index is -0.665. The van der Waals surface area contributed by atoms with Crippen LogP contribution in [0.5, 0.6) is 0 Å². The van der Waals surface area contributed by atoms with Gasteiger partial charge in [0.15, 0.2) is 0 Å². The lowest BCUT2D eigenvalue weighted by molar-refractivity contribution is -0.146. The highest BCUT2D eigenvalue weighted by Gasteiger charge is 2.25. The number of rotatable bonds is 5. The van der Waals surface area contributed by atoms with Crippen LogP contribution in [0.3, 0.4) is 0 Å². The summed E-state index contributed by atoms with van der Waals surface area (Å²) in [7, 11) is 0. The van der Waals surface area contributed by atoms with Crippen molar-refractivity contribution in [2.75, 3.05) is 11.9 Å². The van der Waals surface area contributed by atoms with E-state index >= 15 is 0 Å². The molecule has 2 amide bonds. The molecule has 1 rings (SSSR count). The molecule has 0 aliphatic carbocycles. The maximum Gasteiger partial charge on any atom is 0.328 e. The van der Waals surface area contributed by atoms with E-state index in [1.54, 1.807) is 19.1 Å². The van der Waals surface area contributed by atoms with Crippen molar-refractivity contribution in [1.29, 1.82) is 0 Å². The summed E-state index contributed by atoms with van der Waals surface area (Å²) in [4.78, 5) is 23.7. The molecule has 20 heavy (non-hydrogen) atoms. The van der Waals surface area contributed by atoms with Gasteiger partial charge in [0.1, 0.15) is 6.04 Å². The van der Waals surface area contributed by atoms with Crippen molar-refractivity contribution in [3.05, 3.63) is 28.7 Å². The van der Waals surface area contributed by atoms with E-state index in [0.717, 1.165) is 4.47 Å². The largest absolute Gasteiger partial charge is 0.464 e. The fraction of sp³-hybridized carbons (Fsp3) is 0.429. The number of nitrogens with one attached hydrogen (secondary N) is 2. The lowest BCUT2D eigenvalue weighted by Gasteiger charge is -2.20. The Morgan fingerprint density at radius 2 is 2.05 bits per heavy atom. The van der Waals surface area contributed by atoms with Crippen LogP contribution in [0.25, 0.3) is 0 Å². The van der Waals surface area contributed by atoms with Crippen LogP contribution in [0, 0.1) is 5.92 Å². The minimum absolute atomic E-state index is 0.0534. The molecule has 5 nitrogen and oxygen atoms in total. The van der Waals surface area contributed by atoms with Gasteiger partial charge in [0.2, 0.25) is 0 Å². The Morgan fingerprint density at radius 3 is 2.60 bits per heavy atom. The molecule has 0 bridgehead atoms. The maximum absolute atomic E-state index is 11.9. The molecule has 0 fully saturated rings. The molecule has 6 heteroatoms. The molecule has 110 valence electrons. The molecule has 1 aromatic carbocycles. The number of carbonyl (C=O) groups is 2. The van der Waals surface area contributed by atoms with E-state index in [0.29, 0.717) is 5.69 Å². The third-order valence-corrected chi connectivity index (χ3v) is 3.07. The minimum Gasteiger partial charge on any atom is -0.464 e. The second-order valence-electron chi connectivity index (χ2n) is 4.58. The monoisotopic (exact) mass is 342 g/mol. The highest BCUT2D eigenvalue weighted by molar-refractivity contribution is 9.10. The van der Waals surface area contributed by atoms with Gasteiger partial charge in [0.05, 0.1) is 6.61 Å². The van der Waals surface area contributed by atoms with Crippen LogP contribution in [0.4, 0.5) is 10.5 Å². The molecule has 1 aromatic rings. The van der Waals surface area contributed by atoms with E-state index < -0.39 is 18.0 Å². The second-order valence-corrected chi connectivity index (χ2v) is 5.50. The van der Waals surface area contributed by atoms with Crippen LogP contribution < -0.4 is 10.6 Å². The van der Waals surface area contributed by atoms with Gasteiger partial charge in [-0.1, -0.05) is 35.8 Å². The topological polar surface area (TPSA) is 67.4 Å². The highest BCUT2D eigenvalue weighted by atomic mass is 79.9. The van der Waals surface area contributed by atoms with Crippen molar-refractivity contribution in [3.8, 4) is 0 Å². The summed E-state index contributed by atoms with van der Waals surface area (Å²) >= 11 is 3.32. The normalized spacial score (nSPS) is 11.8. The summed E-state index contributed by atoms with van der Waals surface area (Å²) in [6.07, 6.45) is 0. The first-order valence-corrected chi connectivity index (χ1v) is 7.23. The SMILES string of the molecule is CCOC(=O)C(NC(=O)Nc1cccc(Br)c1)C(C)C. The van der Waals surface area contributed by atoms with E-state index in [2.05, 4.69) is 26.6 Å². The summed E-state index contributed by atoms with van der Waals surface area (Å²) in [6.45, 7) is 5.72. The molecule has 2 N–H and O–H groups in total. The zero-order valence-electron chi connectivity index (χ0n) is 11.8. The van der Waals surface area contributed by atoms with E-state index in [1.807, 2.05) is 26.0 Å². The van der Waals surface area contributed by atoms with Crippen molar-refractivity contribution in [2.45, 2.75) is 26.8 Å². The molecule has 0 aliphatic heterocycles. The Balaban J connectivity index is 2.65. The van der Waals surface area contributed by atoms with Gasteiger partial charge in [-0.25, -0.2) is 9.59 Å². The number of carbonyl (C=O) groups excluding carboxylic acids is 2. The van der Waals surface area contributed by atoms with Crippen LogP contribution in [-0.4, -0.2) is 24.6 Å². The number of benzene rings is 1. The molecule has 0 aromatic heterocycles. The zero-order chi connectivity index (χ0) is 15.1. The summed E-state index contributed by atoms with van der Waals surface area (Å²) in [5, 5.41) is 5.31. The van der Waals surface area contributed by atoms with Gasteiger partial charge in [0, 0.05) is 10.2 Å². The highest BCUT2D eigenvalue weighted by Crippen LogP contribution is 2.15. The Labute approximate surface area is 127 Å². The molecule has 0 saturated carbocycles. The number of ether oxygens (including phenoxy) is 1. The summed E-state index contributed by atoms with van der Waals surface area (Å²) < 4.78 is 5.81. The lowest BCUT2D eigenvalue weighted by atomic mass is 10.1. The standard InChI is InChI=1S/C14H19BrN2O3/c1-4-20-13(18)12(9(2)3)17-14(19)16-11-7-5-6-10(15)8-11/h5-9,12H,4H2,1-3H3,(H2,16,17,19). The van der Waals surface area contributed by atoms with Crippen molar-refractivity contribution in [2.24, 2.45) is 5.92 Å². The first-order chi connectivity index (χ1) is 9.43. The Kier molecular flexibility index (Phi) is 6.51. The number of esters is 1. The fourth-order valence-corrected chi connectivity index (χ4v) is 2.00. The van der Waals surface area contributed by atoms with Gasteiger partial charge < -0.3 is 15.4 Å². The van der Waals surface area contributed by atoms with E-state index in [-0.39, 0.29) is 12.5 Å². The Bertz CT molecular complexity index is 477. The second kappa shape index (κ2) is 7.89. The number of hydrogen-bond acceptors (Lipinski definition) is 3. The summed E-state index contributed by atoms with van der Waals surface area (Å²) in [5.41, 5.74) is 0.642. The predicted molar refractivity (Wildman–Crippen MR) is 81.6 cm³/mol. The van der Waals surface area contributed by atoms with Gasteiger partial charge in [0.25, 0.3) is 0 Å². The lowest BCUT2D eigenvalue weighted by Crippen LogP contribution is -2.47. The maximum atomic E-state index is 11.9. The third kappa shape index (κ3) is 5.21. The number of anilines is 1. The van der Waals surface area contributed by atoms with E-state index in [4.69, 9.17) is 4.74 Å². The summed E-state index contributed by atoms with van der Waals surface area (Å²) in [5.74, 6) is -0.478. The molecule has 1 unspecified atom stereocenters. The van der Waals surface area contributed by atoms with Crippen LogP contribution in [-0.2, 0) is 9.53 Å². The van der Waals surface area contributed by atoms with Gasteiger partial charge >= 0.3 is 12.0 Å². The fourth-order valence-electron chi connectivity index (χ4n) is 1.60. The van der Waals surface area contributed by atoms with Crippen molar-refractivity contribution in [3.63, 3.8) is 0 Å². The zero-order valence-corrected chi connectivity index (χ0v) is 13.4. The van der Waals surface area contributed by atoms with Crippen LogP contribution in [0.2, 0.25) is 0 Å². The molecule has 1 atom stereocenters. The average molecular weight is 343 g/mol. The number of urea groups is 1. The Morgan fingerprint density at radius 1 is 1.35 bits per heavy atom. The van der Waals surface area contributed by atoms with Crippen LogP contribution in [0.1, 0.15) is 20.8 Å².